The van der Waals surface area contributed by atoms with Gasteiger partial charge in [0.05, 0.1) is 25.3 Å². The molecule has 1 fully saturated rings. The van der Waals surface area contributed by atoms with Gasteiger partial charge in [-0.15, -0.1) is 10.2 Å². The van der Waals surface area contributed by atoms with Gasteiger partial charge in [-0.1, -0.05) is 12.1 Å². The molecule has 4 rings (SSSR count). The number of morpholine rings is 1. The first-order valence-electron chi connectivity index (χ1n) is 9.61. The van der Waals surface area contributed by atoms with Gasteiger partial charge in [0.15, 0.2) is 11.8 Å². The largest absolute Gasteiger partial charge is 0.416 e. The molecular formula is C19H23F3N6O. The molecule has 0 spiro atoms. The van der Waals surface area contributed by atoms with E-state index in [0.29, 0.717) is 37.8 Å². The van der Waals surface area contributed by atoms with Crippen molar-refractivity contribution in [2.24, 2.45) is 4.99 Å². The number of alkyl halides is 3. The number of ether oxygens (including phenoxy) is 1. The first kappa shape index (κ1) is 19.7. The third-order valence-corrected chi connectivity index (χ3v) is 5.25. The van der Waals surface area contributed by atoms with Crippen LogP contribution in [0.3, 0.4) is 0 Å². The number of nitrogens with zero attached hydrogens (tertiary/aromatic N) is 5. The Labute approximate surface area is 166 Å². The molecule has 2 aromatic rings. The number of halogens is 3. The van der Waals surface area contributed by atoms with Crippen molar-refractivity contribution in [3.8, 4) is 0 Å². The van der Waals surface area contributed by atoms with Crippen LogP contribution in [-0.2, 0) is 30.4 Å². The first-order chi connectivity index (χ1) is 14.0. The normalized spacial score (nSPS) is 20.1. The van der Waals surface area contributed by atoms with Crippen LogP contribution < -0.4 is 5.32 Å². The van der Waals surface area contributed by atoms with E-state index in [2.05, 4.69) is 25.1 Å². The Morgan fingerprint density at radius 1 is 1.31 bits per heavy atom. The second-order valence-corrected chi connectivity index (χ2v) is 7.12. The minimum Gasteiger partial charge on any atom is -0.370 e. The van der Waals surface area contributed by atoms with Crippen LogP contribution in [-0.4, -0.2) is 52.4 Å². The Morgan fingerprint density at radius 3 is 2.97 bits per heavy atom. The molecule has 0 radical (unpaired) electrons. The summed E-state index contributed by atoms with van der Waals surface area (Å²) in [5.41, 5.74) is -0.158. The lowest BCUT2D eigenvalue weighted by Crippen LogP contribution is -2.48. The predicted octanol–water partition coefficient (Wildman–Crippen LogP) is 2.39. The van der Waals surface area contributed by atoms with Crippen LogP contribution in [0.5, 0.6) is 0 Å². The molecule has 10 heteroatoms. The van der Waals surface area contributed by atoms with Gasteiger partial charge in [-0.2, -0.15) is 13.2 Å². The van der Waals surface area contributed by atoms with Crippen LogP contribution in [0.25, 0.3) is 0 Å². The van der Waals surface area contributed by atoms with Gasteiger partial charge in [-0.05, 0) is 24.1 Å². The van der Waals surface area contributed by atoms with Gasteiger partial charge >= 0.3 is 6.18 Å². The zero-order valence-electron chi connectivity index (χ0n) is 16.1. The lowest BCUT2D eigenvalue weighted by molar-refractivity contribution is -0.137. The Morgan fingerprint density at radius 2 is 2.17 bits per heavy atom. The van der Waals surface area contributed by atoms with Crippen molar-refractivity contribution in [1.29, 1.82) is 0 Å². The van der Waals surface area contributed by atoms with Crippen molar-refractivity contribution in [2.45, 2.75) is 38.2 Å². The van der Waals surface area contributed by atoms with Crippen LogP contribution in [0.15, 0.2) is 29.3 Å². The van der Waals surface area contributed by atoms with Gasteiger partial charge in [0.1, 0.15) is 11.9 Å². The highest BCUT2D eigenvalue weighted by atomic mass is 19.4. The van der Waals surface area contributed by atoms with E-state index in [1.807, 2.05) is 4.90 Å². The summed E-state index contributed by atoms with van der Waals surface area (Å²) < 4.78 is 47.0. The van der Waals surface area contributed by atoms with E-state index in [-0.39, 0.29) is 0 Å². The standard InChI is InChI=1S/C19H23F3N6O/c1-23-18(24-11-17-26-25-16-6-3-7-28(16)17)27-8-9-29-15(12-27)13-4-2-5-14(10-13)19(20,21)22/h2,4-5,10,15H,3,6-9,11-12H2,1H3,(H,23,24). The number of hydrogen-bond donors (Lipinski definition) is 1. The number of aromatic nitrogens is 3. The molecule has 1 unspecified atom stereocenters. The van der Waals surface area contributed by atoms with Gasteiger partial charge in [-0.3, -0.25) is 4.99 Å². The van der Waals surface area contributed by atoms with Crippen LogP contribution >= 0.6 is 0 Å². The molecule has 2 aliphatic heterocycles. The monoisotopic (exact) mass is 408 g/mol. The number of aryl methyl sites for hydroxylation is 1. The molecule has 1 aromatic carbocycles. The number of aliphatic imine (C=N–C) groups is 1. The summed E-state index contributed by atoms with van der Waals surface area (Å²) in [6.45, 7) is 2.84. The Hall–Kier alpha value is -2.62. The summed E-state index contributed by atoms with van der Waals surface area (Å²) in [7, 11) is 1.69. The van der Waals surface area contributed by atoms with Gasteiger partial charge in [0, 0.05) is 26.6 Å². The zero-order chi connectivity index (χ0) is 20.4. The molecule has 0 saturated carbocycles. The molecule has 29 heavy (non-hydrogen) atoms. The van der Waals surface area contributed by atoms with Gasteiger partial charge < -0.3 is 19.5 Å². The maximum atomic E-state index is 13.0. The lowest BCUT2D eigenvalue weighted by Gasteiger charge is -2.35. The highest BCUT2D eigenvalue weighted by Crippen LogP contribution is 2.32. The second kappa shape index (κ2) is 8.02. The number of benzene rings is 1. The molecule has 156 valence electrons. The van der Waals surface area contributed by atoms with E-state index < -0.39 is 17.8 Å². The third-order valence-electron chi connectivity index (χ3n) is 5.25. The molecule has 1 saturated heterocycles. The molecule has 0 bridgehead atoms. The smallest absolute Gasteiger partial charge is 0.370 e. The van der Waals surface area contributed by atoms with E-state index in [4.69, 9.17) is 4.74 Å². The molecule has 1 N–H and O–H groups in total. The fourth-order valence-corrected chi connectivity index (χ4v) is 3.79. The van der Waals surface area contributed by atoms with Gasteiger partial charge in [0.2, 0.25) is 0 Å². The maximum Gasteiger partial charge on any atom is 0.416 e. The van der Waals surface area contributed by atoms with Gasteiger partial charge in [-0.25, -0.2) is 0 Å². The average Bonchev–Trinajstić information content (AvgIpc) is 3.33. The maximum absolute atomic E-state index is 13.0. The molecule has 1 aromatic heterocycles. The molecular weight excluding hydrogens is 385 g/mol. The molecule has 3 heterocycles. The van der Waals surface area contributed by atoms with E-state index in [9.17, 15) is 13.2 Å². The van der Waals surface area contributed by atoms with Crippen molar-refractivity contribution in [3.63, 3.8) is 0 Å². The highest BCUT2D eigenvalue weighted by molar-refractivity contribution is 5.80. The SMILES string of the molecule is CN=C(NCc1nnc2n1CCC2)N1CCOC(c2cccc(C(F)(F)F)c2)C1. The average molecular weight is 408 g/mol. The van der Waals surface area contributed by atoms with Crippen LogP contribution in [0.2, 0.25) is 0 Å². The van der Waals surface area contributed by atoms with E-state index in [0.717, 1.165) is 43.2 Å². The Kier molecular flexibility index (Phi) is 5.44. The Balaban J connectivity index is 1.43. The fourth-order valence-electron chi connectivity index (χ4n) is 3.79. The number of fused-ring (bicyclic) bond motifs is 1. The molecule has 0 aliphatic carbocycles. The van der Waals surface area contributed by atoms with Crippen molar-refractivity contribution in [1.82, 2.24) is 25.0 Å². The minimum absolute atomic E-state index is 0.405. The van der Waals surface area contributed by atoms with Gasteiger partial charge in [0.25, 0.3) is 0 Å². The van der Waals surface area contributed by atoms with Crippen molar-refractivity contribution >= 4 is 5.96 Å². The van der Waals surface area contributed by atoms with Crippen LogP contribution in [0.4, 0.5) is 13.2 Å². The summed E-state index contributed by atoms with van der Waals surface area (Å²) in [4.78, 5) is 6.32. The summed E-state index contributed by atoms with van der Waals surface area (Å²) in [5.74, 6) is 2.54. The van der Waals surface area contributed by atoms with E-state index in [1.165, 1.54) is 6.07 Å². The second-order valence-electron chi connectivity index (χ2n) is 7.12. The molecule has 7 nitrogen and oxygen atoms in total. The predicted molar refractivity (Wildman–Crippen MR) is 100 cm³/mol. The molecule has 0 amide bonds. The van der Waals surface area contributed by atoms with E-state index >= 15 is 0 Å². The quantitative estimate of drug-likeness (QED) is 0.624. The lowest BCUT2D eigenvalue weighted by atomic mass is 10.0. The fraction of sp³-hybridized carbons (Fsp3) is 0.526. The van der Waals surface area contributed by atoms with E-state index in [1.54, 1.807) is 13.1 Å². The topological polar surface area (TPSA) is 67.6 Å². The molecule has 2 aliphatic rings. The summed E-state index contributed by atoms with van der Waals surface area (Å²) in [6, 6.07) is 5.31. The van der Waals surface area contributed by atoms with Crippen molar-refractivity contribution < 1.29 is 17.9 Å². The van der Waals surface area contributed by atoms with Crippen molar-refractivity contribution in [2.75, 3.05) is 26.7 Å². The number of hydrogen-bond acceptors (Lipinski definition) is 4. The minimum atomic E-state index is -4.37. The number of guanidine groups is 1. The summed E-state index contributed by atoms with van der Waals surface area (Å²) >= 11 is 0. The zero-order valence-corrected chi connectivity index (χ0v) is 16.1. The highest BCUT2D eigenvalue weighted by Gasteiger charge is 2.32. The van der Waals surface area contributed by atoms with Crippen LogP contribution in [0, 0.1) is 0 Å². The van der Waals surface area contributed by atoms with Crippen LogP contribution in [0.1, 0.15) is 35.3 Å². The first-order valence-corrected chi connectivity index (χ1v) is 9.61. The van der Waals surface area contributed by atoms with Crippen molar-refractivity contribution in [3.05, 3.63) is 47.0 Å². The summed E-state index contributed by atoms with van der Waals surface area (Å²) in [5, 5.41) is 11.7. The molecule has 1 atom stereocenters. The number of nitrogens with one attached hydrogen (secondary N) is 1. The summed E-state index contributed by atoms with van der Waals surface area (Å²) in [6.07, 6.45) is -2.80. The number of rotatable bonds is 3. The Bertz CT molecular complexity index is 894. The third kappa shape index (κ3) is 4.21.